The van der Waals surface area contributed by atoms with Crippen LogP contribution in [0.4, 0.5) is 0 Å². The highest BCUT2D eigenvalue weighted by atomic mass is 28.2. The van der Waals surface area contributed by atoms with Gasteiger partial charge in [0.2, 0.25) is 9.76 Å². The zero-order valence-corrected chi connectivity index (χ0v) is 9.21. The Bertz CT molecular complexity index is 159. The molecule has 0 saturated heterocycles. The maximum atomic E-state index is 10.7. The first kappa shape index (κ1) is 12.4. The van der Waals surface area contributed by atoms with Gasteiger partial charge in [-0.1, -0.05) is 6.58 Å². The number of carbonyl (C=O) groups is 1. The summed E-state index contributed by atoms with van der Waals surface area (Å²) in [6, 6.07) is 0.944. The minimum absolute atomic E-state index is 0.0431. The molecule has 1 atom stereocenters. The first-order valence-electron chi connectivity index (χ1n) is 4.38. The smallest absolute Gasteiger partial charge is 0.330 e. The Hall–Kier alpha value is -0.613. The zero-order valence-electron chi connectivity index (χ0n) is 8.21. The monoisotopic (exact) mass is 200 g/mol. The fraction of sp³-hybridized carbons (Fsp3) is 0.667. The Kier molecular flexibility index (Phi) is 7.63. The Morgan fingerprint density at radius 2 is 2.38 bits per heavy atom. The lowest BCUT2D eigenvalue weighted by Gasteiger charge is -2.10. The highest BCUT2D eigenvalue weighted by molar-refractivity contribution is 6.26. The van der Waals surface area contributed by atoms with Crippen LogP contribution in [0.5, 0.6) is 0 Å². The van der Waals surface area contributed by atoms with Crippen LogP contribution in [0.25, 0.3) is 0 Å². The number of hydrogen-bond donors (Lipinski definition) is 0. The van der Waals surface area contributed by atoms with Crippen LogP contribution in [0.15, 0.2) is 12.7 Å². The van der Waals surface area contributed by atoms with Crippen LogP contribution in [0.1, 0.15) is 20.3 Å². The SMILES string of the molecule is C=CC(=O)OC(C)CC[Si]OCC. The molecule has 0 heterocycles. The minimum atomic E-state index is -0.354. The van der Waals surface area contributed by atoms with E-state index in [4.69, 9.17) is 9.16 Å². The van der Waals surface area contributed by atoms with Gasteiger partial charge in [0.1, 0.15) is 0 Å². The Morgan fingerprint density at radius 1 is 1.69 bits per heavy atom. The molecular weight excluding hydrogens is 184 g/mol. The molecule has 0 saturated carbocycles. The van der Waals surface area contributed by atoms with Crippen molar-refractivity contribution in [1.29, 1.82) is 0 Å². The van der Waals surface area contributed by atoms with E-state index in [1.165, 1.54) is 6.08 Å². The van der Waals surface area contributed by atoms with E-state index in [9.17, 15) is 4.79 Å². The number of rotatable bonds is 7. The van der Waals surface area contributed by atoms with Crippen LogP contribution in [0.2, 0.25) is 6.04 Å². The van der Waals surface area contributed by atoms with Crippen molar-refractivity contribution in [2.24, 2.45) is 0 Å². The van der Waals surface area contributed by atoms with E-state index in [1.54, 1.807) is 0 Å². The van der Waals surface area contributed by atoms with Gasteiger partial charge in [0.15, 0.2) is 0 Å². The summed E-state index contributed by atoms with van der Waals surface area (Å²) in [6.07, 6.45) is 1.98. The van der Waals surface area contributed by atoms with Crippen molar-refractivity contribution in [2.75, 3.05) is 6.61 Å². The average molecular weight is 200 g/mol. The molecule has 0 bridgehead atoms. The fourth-order valence-electron chi connectivity index (χ4n) is 0.742. The third-order valence-electron chi connectivity index (χ3n) is 1.38. The summed E-state index contributed by atoms with van der Waals surface area (Å²) >= 11 is 0. The molecule has 2 radical (unpaired) electrons. The summed E-state index contributed by atoms with van der Waals surface area (Å²) in [6.45, 7) is 7.91. The quantitative estimate of drug-likeness (QED) is 0.271. The molecule has 3 nitrogen and oxygen atoms in total. The fourth-order valence-corrected chi connectivity index (χ4v) is 1.61. The summed E-state index contributed by atoms with van der Waals surface area (Å²) in [5, 5.41) is 0. The van der Waals surface area contributed by atoms with Gasteiger partial charge in [-0.3, -0.25) is 0 Å². The standard InChI is InChI=1S/C9H16O3Si/c1-4-9(10)12-8(3)6-7-13-11-5-2/h4,8H,1,5-7H2,2-3H3. The van der Waals surface area contributed by atoms with Crippen molar-refractivity contribution in [3.8, 4) is 0 Å². The van der Waals surface area contributed by atoms with Gasteiger partial charge in [-0.25, -0.2) is 4.79 Å². The van der Waals surface area contributed by atoms with Crippen molar-refractivity contribution >= 4 is 15.7 Å². The van der Waals surface area contributed by atoms with E-state index in [-0.39, 0.29) is 12.1 Å². The van der Waals surface area contributed by atoms with Gasteiger partial charge in [-0.05, 0) is 26.3 Å². The van der Waals surface area contributed by atoms with Crippen molar-refractivity contribution in [2.45, 2.75) is 32.4 Å². The predicted molar refractivity (Wildman–Crippen MR) is 52.6 cm³/mol. The molecule has 0 rings (SSSR count). The van der Waals surface area contributed by atoms with Gasteiger partial charge in [-0.15, -0.1) is 0 Å². The molecule has 0 aliphatic heterocycles. The maximum Gasteiger partial charge on any atom is 0.330 e. The van der Waals surface area contributed by atoms with Crippen LogP contribution in [-0.4, -0.2) is 28.4 Å². The summed E-state index contributed by atoms with van der Waals surface area (Å²) in [5.41, 5.74) is 0. The molecule has 1 unspecified atom stereocenters. The van der Waals surface area contributed by atoms with E-state index in [0.29, 0.717) is 9.76 Å². The molecular formula is C9H16O3Si. The molecule has 0 spiro atoms. The Labute approximate surface area is 82.1 Å². The number of carbonyl (C=O) groups excluding carboxylic acids is 1. The number of esters is 1. The summed E-state index contributed by atoms with van der Waals surface area (Å²) < 4.78 is 10.2. The van der Waals surface area contributed by atoms with E-state index < -0.39 is 0 Å². The lowest BCUT2D eigenvalue weighted by Crippen LogP contribution is -2.13. The van der Waals surface area contributed by atoms with E-state index in [2.05, 4.69) is 6.58 Å². The van der Waals surface area contributed by atoms with Crippen LogP contribution in [-0.2, 0) is 14.0 Å². The Balaban J connectivity index is 3.34. The minimum Gasteiger partial charge on any atom is -0.460 e. The molecule has 0 aromatic heterocycles. The molecule has 4 heteroatoms. The molecule has 0 aromatic carbocycles. The predicted octanol–water partition coefficient (Wildman–Crippen LogP) is 1.57. The second-order valence-corrected chi connectivity index (χ2v) is 3.65. The van der Waals surface area contributed by atoms with Crippen LogP contribution < -0.4 is 0 Å². The van der Waals surface area contributed by atoms with Gasteiger partial charge < -0.3 is 9.16 Å². The molecule has 0 N–H and O–H groups in total. The Morgan fingerprint density at radius 3 is 2.92 bits per heavy atom. The summed E-state index contributed by atoms with van der Waals surface area (Å²) in [5.74, 6) is -0.354. The highest BCUT2D eigenvalue weighted by Crippen LogP contribution is 2.02. The van der Waals surface area contributed by atoms with Gasteiger partial charge >= 0.3 is 5.97 Å². The molecule has 0 aliphatic carbocycles. The number of hydrogen-bond acceptors (Lipinski definition) is 3. The second-order valence-electron chi connectivity index (χ2n) is 2.57. The first-order valence-corrected chi connectivity index (χ1v) is 5.50. The topological polar surface area (TPSA) is 35.5 Å². The van der Waals surface area contributed by atoms with Crippen molar-refractivity contribution in [3.63, 3.8) is 0 Å². The van der Waals surface area contributed by atoms with Gasteiger partial charge in [0.05, 0.1) is 6.10 Å². The second kappa shape index (κ2) is 8.01. The van der Waals surface area contributed by atoms with E-state index in [1.807, 2.05) is 13.8 Å². The van der Waals surface area contributed by atoms with E-state index >= 15 is 0 Å². The average Bonchev–Trinajstić information content (AvgIpc) is 2.12. The van der Waals surface area contributed by atoms with Crippen molar-refractivity contribution < 1.29 is 14.0 Å². The molecule has 74 valence electrons. The van der Waals surface area contributed by atoms with Crippen molar-refractivity contribution in [3.05, 3.63) is 12.7 Å². The zero-order chi connectivity index (χ0) is 10.1. The number of ether oxygens (including phenoxy) is 1. The summed E-state index contributed by atoms with van der Waals surface area (Å²) in [4.78, 5) is 10.7. The van der Waals surface area contributed by atoms with Crippen LogP contribution in [0, 0.1) is 0 Å². The van der Waals surface area contributed by atoms with Crippen molar-refractivity contribution in [1.82, 2.24) is 0 Å². The first-order chi connectivity index (χ1) is 6.20. The van der Waals surface area contributed by atoms with Crippen LogP contribution >= 0.6 is 0 Å². The third kappa shape index (κ3) is 7.74. The lowest BCUT2D eigenvalue weighted by atomic mass is 10.3. The maximum absolute atomic E-state index is 10.7. The molecule has 0 aliphatic rings. The normalized spacial score (nSPS) is 12.2. The molecule has 0 aromatic rings. The van der Waals surface area contributed by atoms with Gasteiger partial charge in [0.25, 0.3) is 0 Å². The molecule has 0 fully saturated rings. The highest BCUT2D eigenvalue weighted by Gasteiger charge is 2.05. The van der Waals surface area contributed by atoms with Crippen LogP contribution in [0.3, 0.4) is 0 Å². The third-order valence-corrected chi connectivity index (χ3v) is 2.37. The molecule has 0 amide bonds. The molecule has 13 heavy (non-hydrogen) atoms. The largest absolute Gasteiger partial charge is 0.460 e. The summed E-state index contributed by atoms with van der Waals surface area (Å²) in [7, 11) is 0.505. The van der Waals surface area contributed by atoms with Gasteiger partial charge in [0, 0.05) is 12.7 Å². The lowest BCUT2D eigenvalue weighted by molar-refractivity contribution is -0.142. The van der Waals surface area contributed by atoms with Gasteiger partial charge in [-0.2, -0.15) is 0 Å². The van der Waals surface area contributed by atoms with E-state index in [0.717, 1.165) is 19.1 Å².